The number of hydrogen-bond acceptors (Lipinski definition) is 5. The SMILES string of the molecule is C=CCOc1ccc([C@]2(O)NC(=O)N[C@H](c3ccc(-c4cccc(Cl)c4Cl)o3)[C@@]2(O)C(F)(F)F)cc1. The first-order valence-electron chi connectivity index (χ1n) is 10.4. The summed E-state index contributed by atoms with van der Waals surface area (Å²) in [7, 11) is 0. The summed E-state index contributed by atoms with van der Waals surface area (Å²) >= 11 is 12.2. The number of halogens is 5. The van der Waals surface area contributed by atoms with E-state index in [1.54, 1.807) is 6.07 Å². The molecule has 1 aromatic heterocycles. The average Bonchev–Trinajstić information content (AvgIpc) is 3.31. The lowest BCUT2D eigenvalue weighted by Crippen LogP contribution is -2.77. The Morgan fingerprint density at radius 3 is 2.44 bits per heavy atom. The fourth-order valence-electron chi connectivity index (χ4n) is 3.97. The minimum atomic E-state index is -5.47. The fourth-order valence-corrected chi connectivity index (χ4v) is 4.37. The summed E-state index contributed by atoms with van der Waals surface area (Å²) in [5.41, 5.74) is -7.46. The van der Waals surface area contributed by atoms with E-state index in [-0.39, 0.29) is 33.7 Å². The fraction of sp³-hybridized carbons (Fsp3) is 0.208. The smallest absolute Gasteiger partial charge is 0.424 e. The van der Waals surface area contributed by atoms with Gasteiger partial charge < -0.3 is 30.0 Å². The second-order valence-electron chi connectivity index (χ2n) is 7.93. The summed E-state index contributed by atoms with van der Waals surface area (Å²) in [6, 6.07) is 8.36. The number of ether oxygens (including phenoxy) is 1. The zero-order chi connectivity index (χ0) is 26.3. The number of carbonyl (C=O) groups excluding carboxylic acids is 1. The molecule has 2 heterocycles. The van der Waals surface area contributed by atoms with Gasteiger partial charge in [0.25, 0.3) is 0 Å². The molecule has 0 spiro atoms. The average molecular weight is 543 g/mol. The molecule has 190 valence electrons. The van der Waals surface area contributed by atoms with Crippen molar-refractivity contribution >= 4 is 29.2 Å². The van der Waals surface area contributed by atoms with Gasteiger partial charge in [-0.2, -0.15) is 13.2 Å². The van der Waals surface area contributed by atoms with Crippen LogP contribution in [-0.4, -0.2) is 34.6 Å². The first-order chi connectivity index (χ1) is 16.9. The zero-order valence-corrected chi connectivity index (χ0v) is 19.8. The summed E-state index contributed by atoms with van der Waals surface area (Å²) in [5.74, 6) is -0.189. The van der Waals surface area contributed by atoms with Gasteiger partial charge in [0, 0.05) is 11.1 Å². The van der Waals surface area contributed by atoms with Crippen LogP contribution >= 0.6 is 23.2 Å². The predicted molar refractivity (Wildman–Crippen MR) is 126 cm³/mol. The molecule has 0 unspecified atom stereocenters. The van der Waals surface area contributed by atoms with Crippen LogP contribution in [-0.2, 0) is 5.72 Å². The number of furan rings is 1. The minimum Gasteiger partial charge on any atom is -0.490 e. The first-order valence-corrected chi connectivity index (χ1v) is 11.2. The molecule has 1 aliphatic heterocycles. The molecule has 36 heavy (non-hydrogen) atoms. The number of amides is 2. The molecule has 3 atom stereocenters. The highest BCUT2D eigenvalue weighted by Gasteiger charge is 2.74. The predicted octanol–water partition coefficient (Wildman–Crippen LogP) is 5.31. The van der Waals surface area contributed by atoms with Crippen molar-refractivity contribution in [3.8, 4) is 17.1 Å². The lowest BCUT2D eigenvalue weighted by atomic mass is 9.75. The Balaban J connectivity index is 1.81. The Labute approximate surface area is 213 Å². The standard InChI is InChI=1S/C24H19Cl2F3N2O5/c1-2-12-35-14-8-6-13(7-9-14)23(34)22(33,24(27,28)29)20(30-21(32)31-23)18-11-10-17(36-18)15-4-3-5-16(25)19(15)26/h2-11,20,33-34H,1,12H2,(H2,30,31,32)/t20-,22+,23-/m1/s1. The van der Waals surface area contributed by atoms with Crippen LogP contribution < -0.4 is 15.4 Å². The zero-order valence-electron chi connectivity index (χ0n) is 18.3. The van der Waals surface area contributed by atoms with E-state index in [4.69, 9.17) is 32.4 Å². The van der Waals surface area contributed by atoms with E-state index >= 15 is 0 Å². The number of aliphatic hydroxyl groups is 2. The van der Waals surface area contributed by atoms with Crippen molar-refractivity contribution in [3.05, 3.63) is 88.6 Å². The first kappa shape index (κ1) is 25.9. The van der Waals surface area contributed by atoms with Crippen LogP contribution in [0, 0.1) is 0 Å². The molecule has 0 aliphatic carbocycles. The Bertz CT molecular complexity index is 1300. The summed E-state index contributed by atoms with van der Waals surface area (Å²) in [6.45, 7) is 3.63. The molecule has 1 fully saturated rings. The van der Waals surface area contributed by atoms with Crippen molar-refractivity contribution in [1.82, 2.24) is 10.6 Å². The Morgan fingerprint density at radius 2 is 1.81 bits per heavy atom. The van der Waals surface area contributed by atoms with Crippen molar-refractivity contribution in [3.63, 3.8) is 0 Å². The van der Waals surface area contributed by atoms with Gasteiger partial charge in [0.05, 0.1) is 10.0 Å². The van der Waals surface area contributed by atoms with Crippen LogP contribution in [0.4, 0.5) is 18.0 Å². The van der Waals surface area contributed by atoms with Crippen molar-refractivity contribution < 1.29 is 37.3 Å². The third-order valence-corrected chi connectivity index (χ3v) is 6.56. The molecule has 1 saturated heterocycles. The van der Waals surface area contributed by atoms with Gasteiger partial charge >= 0.3 is 12.2 Å². The number of nitrogens with one attached hydrogen (secondary N) is 2. The van der Waals surface area contributed by atoms with E-state index in [9.17, 15) is 28.2 Å². The molecule has 12 heteroatoms. The highest BCUT2D eigenvalue weighted by Crippen LogP contribution is 2.52. The van der Waals surface area contributed by atoms with Crippen LogP contribution in [0.3, 0.4) is 0 Å². The van der Waals surface area contributed by atoms with Crippen molar-refractivity contribution in [1.29, 1.82) is 0 Å². The number of carbonyl (C=O) groups is 1. The highest BCUT2D eigenvalue weighted by molar-refractivity contribution is 6.43. The maximum absolute atomic E-state index is 14.5. The molecule has 0 saturated carbocycles. The van der Waals surface area contributed by atoms with E-state index in [0.717, 1.165) is 18.2 Å². The second-order valence-corrected chi connectivity index (χ2v) is 8.72. The Hall–Kier alpha value is -3.18. The summed E-state index contributed by atoms with van der Waals surface area (Å²) in [4.78, 5) is 12.5. The topological polar surface area (TPSA) is 104 Å². The molecule has 1 aliphatic rings. The van der Waals surface area contributed by atoms with Crippen LogP contribution in [0.1, 0.15) is 17.4 Å². The van der Waals surface area contributed by atoms with Crippen molar-refractivity contribution in [2.45, 2.75) is 23.5 Å². The van der Waals surface area contributed by atoms with Crippen LogP contribution in [0.25, 0.3) is 11.3 Å². The third kappa shape index (κ3) is 4.20. The molecule has 0 radical (unpaired) electrons. The molecule has 2 amide bonds. The van der Waals surface area contributed by atoms with E-state index in [1.807, 2.05) is 10.6 Å². The van der Waals surface area contributed by atoms with Gasteiger partial charge in [-0.3, -0.25) is 0 Å². The van der Waals surface area contributed by atoms with Gasteiger partial charge in [0.1, 0.15) is 29.9 Å². The lowest BCUT2D eigenvalue weighted by molar-refractivity contribution is -0.344. The van der Waals surface area contributed by atoms with Crippen LogP contribution in [0.2, 0.25) is 10.0 Å². The Morgan fingerprint density at radius 1 is 1.11 bits per heavy atom. The van der Waals surface area contributed by atoms with Gasteiger partial charge in [-0.1, -0.05) is 54.1 Å². The van der Waals surface area contributed by atoms with E-state index in [1.165, 1.54) is 36.4 Å². The van der Waals surface area contributed by atoms with E-state index in [2.05, 4.69) is 6.58 Å². The minimum absolute atomic E-state index is 0.0297. The van der Waals surface area contributed by atoms with Crippen molar-refractivity contribution in [2.75, 3.05) is 6.61 Å². The van der Waals surface area contributed by atoms with Crippen LogP contribution in [0.5, 0.6) is 5.75 Å². The molecular formula is C24H19Cl2F3N2O5. The normalized spacial score (nSPS) is 24.1. The van der Waals surface area contributed by atoms with Gasteiger partial charge in [-0.25, -0.2) is 4.79 Å². The number of alkyl halides is 3. The molecule has 2 aromatic carbocycles. The molecule has 4 N–H and O–H groups in total. The molecule has 0 bridgehead atoms. The van der Waals surface area contributed by atoms with Gasteiger partial charge in [-0.15, -0.1) is 0 Å². The molecular weight excluding hydrogens is 524 g/mol. The monoisotopic (exact) mass is 542 g/mol. The summed E-state index contributed by atoms with van der Waals surface area (Å²) in [5, 5.41) is 26.6. The third-order valence-electron chi connectivity index (χ3n) is 5.74. The molecule has 3 aromatic rings. The Kier molecular flexibility index (Phi) is 6.74. The van der Waals surface area contributed by atoms with Gasteiger partial charge in [-0.05, 0) is 36.4 Å². The van der Waals surface area contributed by atoms with E-state index in [0.29, 0.717) is 0 Å². The van der Waals surface area contributed by atoms with Crippen LogP contribution in [0.15, 0.2) is 71.7 Å². The molecule has 4 rings (SSSR count). The maximum atomic E-state index is 14.5. The number of urea groups is 1. The van der Waals surface area contributed by atoms with E-state index < -0.39 is 40.9 Å². The van der Waals surface area contributed by atoms with Gasteiger partial charge in [0.2, 0.25) is 11.3 Å². The number of benzene rings is 2. The lowest BCUT2D eigenvalue weighted by Gasteiger charge is -2.51. The van der Waals surface area contributed by atoms with Gasteiger partial charge in [0.15, 0.2) is 0 Å². The summed E-state index contributed by atoms with van der Waals surface area (Å²) in [6.07, 6.45) is -4.00. The summed E-state index contributed by atoms with van der Waals surface area (Å²) < 4.78 is 54.5. The number of rotatable bonds is 6. The highest BCUT2D eigenvalue weighted by atomic mass is 35.5. The van der Waals surface area contributed by atoms with Crippen molar-refractivity contribution in [2.24, 2.45) is 0 Å². The second kappa shape index (κ2) is 9.36. The number of hydrogen-bond donors (Lipinski definition) is 4. The largest absolute Gasteiger partial charge is 0.490 e. The molecule has 7 nitrogen and oxygen atoms in total. The maximum Gasteiger partial charge on any atom is 0.424 e. The quantitative estimate of drug-likeness (QED) is 0.316.